The lowest BCUT2D eigenvalue weighted by Gasteiger charge is -2.11. The number of rotatable bonds is 9. The Morgan fingerprint density at radius 2 is 1.96 bits per heavy atom. The van der Waals surface area contributed by atoms with Crippen LogP contribution in [0.4, 0.5) is 0 Å². The van der Waals surface area contributed by atoms with Gasteiger partial charge in [-0.1, -0.05) is 6.07 Å². The standard InChI is InChI=1S/C18H21NO4S/c1-22-14-8-9-16(23-2)13(11-14)12-19-18(21)7-3-5-15(20)17-6-4-10-24-17/h4,6,8-11H,3,5,7,12H2,1-2H3,(H,19,21). The molecule has 0 spiro atoms. The second-order valence-corrected chi connectivity index (χ2v) is 6.16. The van der Waals surface area contributed by atoms with E-state index in [1.54, 1.807) is 26.4 Å². The van der Waals surface area contributed by atoms with E-state index in [-0.39, 0.29) is 11.7 Å². The van der Waals surface area contributed by atoms with E-state index in [4.69, 9.17) is 9.47 Å². The molecule has 128 valence electrons. The summed E-state index contributed by atoms with van der Waals surface area (Å²) in [6, 6.07) is 9.11. The Morgan fingerprint density at radius 1 is 1.12 bits per heavy atom. The summed E-state index contributed by atoms with van der Waals surface area (Å²) in [5, 5.41) is 4.73. The van der Waals surface area contributed by atoms with Crippen LogP contribution < -0.4 is 14.8 Å². The van der Waals surface area contributed by atoms with Gasteiger partial charge in [0.2, 0.25) is 5.91 Å². The fraction of sp³-hybridized carbons (Fsp3) is 0.333. The van der Waals surface area contributed by atoms with Gasteiger partial charge in [0.25, 0.3) is 0 Å². The highest BCUT2D eigenvalue weighted by Gasteiger charge is 2.10. The quantitative estimate of drug-likeness (QED) is 0.706. The SMILES string of the molecule is COc1ccc(OC)c(CNC(=O)CCCC(=O)c2cccs2)c1. The van der Waals surface area contributed by atoms with E-state index in [0.717, 1.165) is 10.4 Å². The van der Waals surface area contributed by atoms with Gasteiger partial charge in [-0.25, -0.2) is 0 Å². The zero-order valence-corrected chi connectivity index (χ0v) is 14.7. The molecule has 1 N–H and O–H groups in total. The van der Waals surface area contributed by atoms with Crippen LogP contribution in [0.3, 0.4) is 0 Å². The molecule has 0 fully saturated rings. The third kappa shape index (κ3) is 5.09. The highest BCUT2D eigenvalue weighted by atomic mass is 32.1. The average Bonchev–Trinajstić information content (AvgIpc) is 3.14. The molecule has 6 heteroatoms. The highest BCUT2D eigenvalue weighted by Crippen LogP contribution is 2.23. The Kier molecular flexibility index (Phi) is 6.81. The van der Waals surface area contributed by atoms with Crippen molar-refractivity contribution in [2.24, 2.45) is 0 Å². The van der Waals surface area contributed by atoms with Crippen LogP contribution in [0.25, 0.3) is 0 Å². The second kappa shape index (κ2) is 9.08. The van der Waals surface area contributed by atoms with E-state index >= 15 is 0 Å². The number of amides is 1. The van der Waals surface area contributed by atoms with Crippen LogP contribution in [0, 0.1) is 0 Å². The van der Waals surface area contributed by atoms with Crippen LogP contribution in [-0.2, 0) is 11.3 Å². The lowest BCUT2D eigenvalue weighted by Crippen LogP contribution is -2.22. The van der Waals surface area contributed by atoms with E-state index in [9.17, 15) is 9.59 Å². The Balaban J connectivity index is 1.78. The van der Waals surface area contributed by atoms with E-state index in [1.807, 2.05) is 23.6 Å². The van der Waals surface area contributed by atoms with Crippen molar-refractivity contribution in [1.82, 2.24) is 5.32 Å². The van der Waals surface area contributed by atoms with Crippen LogP contribution in [0.15, 0.2) is 35.7 Å². The normalized spacial score (nSPS) is 10.2. The van der Waals surface area contributed by atoms with Crippen molar-refractivity contribution in [1.29, 1.82) is 0 Å². The summed E-state index contributed by atoms with van der Waals surface area (Å²) in [5.41, 5.74) is 0.847. The van der Waals surface area contributed by atoms with Crippen molar-refractivity contribution in [2.75, 3.05) is 14.2 Å². The average molecular weight is 347 g/mol. The number of benzene rings is 1. The maximum atomic E-state index is 11.9. The van der Waals surface area contributed by atoms with E-state index in [2.05, 4.69) is 5.32 Å². The first-order valence-corrected chi connectivity index (χ1v) is 8.56. The van der Waals surface area contributed by atoms with Gasteiger partial charge < -0.3 is 14.8 Å². The molecule has 0 saturated carbocycles. The van der Waals surface area contributed by atoms with Gasteiger partial charge in [-0.2, -0.15) is 0 Å². The lowest BCUT2D eigenvalue weighted by molar-refractivity contribution is -0.121. The van der Waals surface area contributed by atoms with Crippen molar-refractivity contribution in [3.8, 4) is 11.5 Å². The predicted octanol–water partition coefficient (Wildman–Crippen LogP) is 3.43. The molecule has 0 aliphatic carbocycles. The van der Waals surface area contributed by atoms with Gasteiger partial charge in [0.15, 0.2) is 5.78 Å². The topological polar surface area (TPSA) is 64.6 Å². The molecule has 0 aliphatic heterocycles. The van der Waals surface area contributed by atoms with Gasteiger partial charge in [0.1, 0.15) is 11.5 Å². The monoisotopic (exact) mass is 347 g/mol. The van der Waals surface area contributed by atoms with Crippen molar-refractivity contribution < 1.29 is 19.1 Å². The van der Waals surface area contributed by atoms with Crippen LogP contribution in [-0.4, -0.2) is 25.9 Å². The van der Waals surface area contributed by atoms with Gasteiger partial charge in [-0.3, -0.25) is 9.59 Å². The summed E-state index contributed by atoms with van der Waals surface area (Å²) in [5.74, 6) is 1.41. The first-order chi connectivity index (χ1) is 11.6. The molecule has 2 rings (SSSR count). The first-order valence-electron chi connectivity index (χ1n) is 7.68. The zero-order valence-electron chi connectivity index (χ0n) is 13.8. The number of hydrogen-bond donors (Lipinski definition) is 1. The number of nitrogens with one attached hydrogen (secondary N) is 1. The number of ether oxygens (including phenoxy) is 2. The molecule has 1 aromatic heterocycles. The number of hydrogen-bond acceptors (Lipinski definition) is 5. The predicted molar refractivity (Wildman–Crippen MR) is 93.9 cm³/mol. The molecular weight excluding hydrogens is 326 g/mol. The smallest absolute Gasteiger partial charge is 0.220 e. The van der Waals surface area contributed by atoms with Gasteiger partial charge in [-0.05, 0) is 36.1 Å². The number of carbonyl (C=O) groups excluding carboxylic acids is 2. The Labute approximate surface area is 145 Å². The largest absolute Gasteiger partial charge is 0.497 e. The second-order valence-electron chi connectivity index (χ2n) is 5.21. The summed E-state index contributed by atoms with van der Waals surface area (Å²) in [4.78, 5) is 24.6. The molecule has 24 heavy (non-hydrogen) atoms. The van der Waals surface area contributed by atoms with E-state index in [0.29, 0.717) is 37.3 Å². The third-order valence-electron chi connectivity index (χ3n) is 3.57. The van der Waals surface area contributed by atoms with Crippen molar-refractivity contribution in [3.63, 3.8) is 0 Å². The van der Waals surface area contributed by atoms with Gasteiger partial charge >= 0.3 is 0 Å². The minimum Gasteiger partial charge on any atom is -0.497 e. The van der Waals surface area contributed by atoms with E-state index < -0.39 is 0 Å². The van der Waals surface area contributed by atoms with E-state index in [1.165, 1.54) is 11.3 Å². The molecule has 0 aliphatic rings. The number of carbonyl (C=O) groups is 2. The molecule has 0 saturated heterocycles. The Hall–Kier alpha value is -2.34. The molecule has 1 aromatic carbocycles. The maximum Gasteiger partial charge on any atom is 0.220 e. The molecule has 1 heterocycles. The van der Waals surface area contributed by atoms with Gasteiger partial charge in [0.05, 0.1) is 19.1 Å². The van der Waals surface area contributed by atoms with Gasteiger partial charge in [0, 0.05) is 24.9 Å². The van der Waals surface area contributed by atoms with Crippen molar-refractivity contribution in [3.05, 3.63) is 46.2 Å². The molecule has 1 amide bonds. The molecular formula is C18H21NO4S. The molecule has 0 bridgehead atoms. The Bertz CT molecular complexity index is 682. The summed E-state index contributed by atoms with van der Waals surface area (Å²) < 4.78 is 10.5. The first kappa shape index (κ1) is 18.0. The third-order valence-corrected chi connectivity index (χ3v) is 4.48. The van der Waals surface area contributed by atoms with Gasteiger partial charge in [-0.15, -0.1) is 11.3 Å². The van der Waals surface area contributed by atoms with Crippen LogP contribution in [0.1, 0.15) is 34.5 Å². The molecule has 0 atom stereocenters. The maximum absolute atomic E-state index is 11.9. The summed E-state index contributed by atoms with van der Waals surface area (Å²) in [6.07, 6.45) is 1.25. The molecule has 2 aromatic rings. The fourth-order valence-corrected chi connectivity index (χ4v) is 2.97. The molecule has 0 radical (unpaired) electrons. The minimum atomic E-state index is -0.0844. The van der Waals surface area contributed by atoms with Crippen LogP contribution in [0.5, 0.6) is 11.5 Å². The number of thiophene rings is 1. The number of Topliss-reactive ketones (excluding diaryl/α,β-unsaturated/α-hetero) is 1. The molecule has 0 unspecified atom stereocenters. The lowest BCUT2D eigenvalue weighted by atomic mass is 10.1. The summed E-state index contributed by atoms with van der Waals surface area (Å²) >= 11 is 1.43. The van der Waals surface area contributed by atoms with Crippen LogP contribution in [0.2, 0.25) is 0 Å². The fourth-order valence-electron chi connectivity index (χ4n) is 2.27. The highest BCUT2D eigenvalue weighted by molar-refractivity contribution is 7.12. The minimum absolute atomic E-state index is 0.0844. The van der Waals surface area contributed by atoms with Crippen LogP contribution >= 0.6 is 11.3 Å². The summed E-state index contributed by atoms with van der Waals surface area (Å²) in [6.45, 7) is 0.359. The number of methoxy groups -OCH3 is 2. The zero-order chi connectivity index (χ0) is 17.4. The number of ketones is 1. The van der Waals surface area contributed by atoms with Crippen molar-refractivity contribution in [2.45, 2.75) is 25.8 Å². The van der Waals surface area contributed by atoms with Crippen molar-refractivity contribution >= 4 is 23.0 Å². The Morgan fingerprint density at radius 3 is 2.62 bits per heavy atom. The summed E-state index contributed by atoms with van der Waals surface area (Å²) in [7, 11) is 3.18. The molecule has 5 nitrogen and oxygen atoms in total.